The van der Waals surface area contributed by atoms with Crippen molar-refractivity contribution in [2.75, 3.05) is 5.32 Å². The molecule has 3 unspecified atom stereocenters. The van der Waals surface area contributed by atoms with Crippen molar-refractivity contribution in [3.63, 3.8) is 0 Å². The molecule has 2 aliphatic carbocycles. The molecule has 0 radical (unpaired) electrons. The number of anilines is 1. The third kappa shape index (κ3) is 3.20. The average Bonchev–Trinajstić information content (AvgIpc) is 2.49. The van der Waals surface area contributed by atoms with Crippen molar-refractivity contribution in [1.82, 2.24) is 0 Å². The lowest BCUT2D eigenvalue weighted by Crippen LogP contribution is -2.34. The van der Waals surface area contributed by atoms with Crippen LogP contribution in [-0.4, -0.2) is 11.0 Å². The van der Waals surface area contributed by atoms with Crippen LogP contribution < -0.4 is 5.32 Å². The molecule has 3 rings (SSSR count). The minimum absolute atomic E-state index is 0.175. The largest absolute Gasteiger partial charge is 0.382 e. The van der Waals surface area contributed by atoms with Gasteiger partial charge in [-0.2, -0.15) is 0 Å². The van der Waals surface area contributed by atoms with Crippen LogP contribution in [-0.2, 0) is 0 Å². The van der Waals surface area contributed by atoms with E-state index in [1.54, 1.807) is 12.1 Å². The Bertz CT molecular complexity index is 530. The Balaban J connectivity index is 1.65. The van der Waals surface area contributed by atoms with E-state index in [1.807, 2.05) is 13.0 Å². The molecule has 1 aromatic rings. The van der Waals surface area contributed by atoms with Crippen LogP contribution in [0.15, 0.2) is 18.2 Å². The predicted octanol–water partition coefficient (Wildman–Crippen LogP) is 4.67. The van der Waals surface area contributed by atoms with Gasteiger partial charge in [0.05, 0.1) is 4.92 Å². The highest BCUT2D eigenvalue weighted by Gasteiger charge is 2.32. The van der Waals surface area contributed by atoms with Gasteiger partial charge < -0.3 is 5.32 Å². The highest BCUT2D eigenvalue weighted by molar-refractivity contribution is 5.55. The zero-order valence-electron chi connectivity index (χ0n) is 12.7. The molecule has 4 nitrogen and oxygen atoms in total. The minimum Gasteiger partial charge on any atom is -0.382 e. The van der Waals surface area contributed by atoms with E-state index >= 15 is 0 Å². The van der Waals surface area contributed by atoms with Crippen LogP contribution in [0.1, 0.15) is 50.5 Å². The van der Waals surface area contributed by atoms with Crippen LogP contribution in [0.5, 0.6) is 0 Å². The lowest BCUT2D eigenvalue weighted by Gasteiger charge is -2.40. The Morgan fingerprint density at radius 3 is 2.62 bits per heavy atom. The molecule has 0 aromatic heterocycles. The SMILES string of the molecule is Cc1cc([N+](=O)[O-])ccc1NC1CCC2CCCCC2C1. The van der Waals surface area contributed by atoms with Crippen LogP contribution >= 0.6 is 0 Å². The summed E-state index contributed by atoms with van der Waals surface area (Å²) in [5.41, 5.74) is 2.20. The summed E-state index contributed by atoms with van der Waals surface area (Å²) in [5.74, 6) is 1.85. The summed E-state index contributed by atoms with van der Waals surface area (Å²) < 4.78 is 0. The van der Waals surface area contributed by atoms with Crippen molar-refractivity contribution in [2.24, 2.45) is 11.8 Å². The molecule has 0 saturated heterocycles. The molecule has 4 heteroatoms. The zero-order chi connectivity index (χ0) is 14.8. The second kappa shape index (κ2) is 6.04. The smallest absolute Gasteiger partial charge is 0.269 e. The summed E-state index contributed by atoms with van der Waals surface area (Å²) >= 11 is 0. The molecular weight excluding hydrogens is 264 g/mol. The number of nitro groups is 1. The summed E-state index contributed by atoms with van der Waals surface area (Å²) in [6.45, 7) is 1.95. The number of hydrogen-bond donors (Lipinski definition) is 1. The molecule has 1 aromatic carbocycles. The first-order valence-corrected chi connectivity index (χ1v) is 8.15. The quantitative estimate of drug-likeness (QED) is 0.649. The Kier molecular flexibility index (Phi) is 4.13. The second-order valence-corrected chi connectivity index (χ2v) is 6.72. The Hall–Kier alpha value is -1.58. The highest BCUT2D eigenvalue weighted by Crippen LogP contribution is 2.41. The van der Waals surface area contributed by atoms with Crippen LogP contribution in [0.25, 0.3) is 0 Å². The van der Waals surface area contributed by atoms with E-state index < -0.39 is 0 Å². The van der Waals surface area contributed by atoms with Gasteiger partial charge in [-0.05, 0) is 49.7 Å². The van der Waals surface area contributed by atoms with Gasteiger partial charge >= 0.3 is 0 Å². The molecule has 1 N–H and O–H groups in total. The Morgan fingerprint density at radius 2 is 1.90 bits per heavy atom. The summed E-state index contributed by atoms with van der Waals surface area (Å²) in [6.07, 6.45) is 9.47. The fourth-order valence-corrected chi connectivity index (χ4v) is 4.15. The summed E-state index contributed by atoms with van der Waals surface area (Å²) in [5, 5.41) is 14.4. The number of nitro benzene ring substituents is 1. The van der Waals surface area contributed by atoms with E-state index in [0.717, 1.165) is 23.1 Å². The maximum absolute atomic E-state index is 10.8. The minimum atomic E-state index is -0.329. The first kappa shape index (κ1) is 14.4. The Labute approximate surface area is 126 Å². The first-order chi connectivity index (χ1) is 10.1. The molecule has 0 aliphatic heterocycles. The fourth-order valence-electron chi connectivity index (χ4n) is 4.15. The number of rotatable bonds is 3. The molecule has 0 amide bonds. The van der Waals surface area contributed by atoms with Gasteiger partial charge in [0.2, 0.25) is 0 Å². The molecule has 0 bridgehead atoms. The number of nitrogens with zero attached hydrogens (tertiary/aromatic N) is 1. The molecular formula is C17H24N2O2. The van der Waals surface area contributed by atoms with Crippen molar-refractivity contribution in [1.29, 1.82) is 0 Å². The molecule has 3 atom stereocenters. The monoisotopic (exact) mass is 288 g/mol. The molecule has 0 heterocycles. The molecule has 114 valence electrons. The van der Waals surface area contributed by atoms with E-state index in [9.17, 15) is 10.1 Å². The maximum atomic E-state index is 10.8. The van der Waals surface area contributed by atoms with Crippen molar-refractivity contribution < 1.29 is 4.92 Å². The van der Waals surface area contributed by atoms with Crippen molar-refractivity contribution in [2.45, 2.75) is 57.9 Å². The van der Waals surface area contributed by atoms with Gasteiger partial charge in [0.25, 0.3) is 5.69 Å². The number of nitrogens with one attached hydrogen (secondary N) is 1. The number of hydrogen-bond acceptors (Lipinski definition) is 3. The van der Waals surface area contributed by atoms with Gasteiger partial charge in [0.15, 0.2) is 0 Å². The van der Waals surface area contributed by atoms with Gasteiger partial charge in [-0.25, -0.2) is 0 Å². The van der Waals surface area contributed by atoms with E-state index in [2.05, 4.69) is 5.32 Å². The van der Waals surface area contributed by atoms with Crippen molar-refractivity contribution in [3.05, 3.63) is 33.9 Å². The molecule has 2 aliphatic rings. The van der Waals surface area contributed by atoms with Gasteiger partial charge in [-0.15, -0.1) is 0 Å². The molecule has 21 heavy (non-hydrogen) atoms. The highest BCUT2D eigenvalue weighted by atomic mass is 16.6. The molecule has 2 saturated carbocycles. The number of non-ortho nitro benzene ring substituents is 1. The Morgan fingerprint density at radius 1 is 1.14 bits per heavy atom. The topological polar surface area (TPSA) is 55.2 Å². The van der Waals surface area contributed by atoms with Crippen LogP contribution in [0.3, 0.4) is 0 Å². The lowest BCUT2D eigenvalue weighted by atomic mass is 9.69. The van der Waals surface area contributed by atoms with Crippen LogP contribution in [0, 0.1) is 28.9 Å². The van der Waals surface area contributed by atoms with Gasteiger partial charge in [0.1, 0.15) is 0 Å². The third-order valence-corrected chi connectivity index (χ3v) is 5.32. The molecule has 0 spiro atoms. The standard InChI is InChI=1S/C17H24N2O2/c1-12-10-16(19(20)21)8-9-17(12)18-15-7-6-13-4-2-3-5-14(13)11-15/h8-10,13-15,18H,2-7,11H2,1H3. The van der Waals surface area contributed by atoms with E-state index in [1.165, 1.54) is 44.9 Å². The van der Waals surface area contributed by atoms with Gasteiger partial charge in [-0.1, -0.05) is 25.7 Å². The second-order valence-electron chi connectivity index (χ2n) is 6.72. The van der Waals surface area contributed by atoms with Crippen LogP contribution in [0.4, 0.5) is 11.4 Å². The van der Waals surface area contributed by atoms with E-state index in [4.69, 9.17) is 0 Å². The fraction of sp³-hybridized carbons (Fsp3) is 0.647. The summed E-state index contributed by atoms with van der Waals surface area (Å²) in [4.78, 5) is 10.5. The molecule has 2 fully saturated rings. The zero-order valence-corrected chi connectivity index (χ0v) is 12.7. The van der Waals surface area contributed by atoms with E-state index in [0.29, 0.717) is 6.04 Å². The van der Waals surface area contributed by atoms with Gasteiger partial charge in [-0.3, -0.25) is 10.1 Å². The van der Waals surface area contributed by atoms with Gasteiger partial charge in [0, 0.05) is 23.9 Å². The first-order valence-electron chi connectivity index (χ1n) is 8.15. The summed E-state index contributed by atoms with van der Waals surface area (Å²) in [7, 11) is 0. The summed E-state index contributed by atoms with van der Waals surface area (Å²) in [6, 6.07) is 5.65. The number of aryl methyl sites for hydroxylation is 1. The number of benzene rings is 1. The normalized spacial score (nSPS) is 28.7. The third-order valence-electron chi connectivity index (χ3n) is 5.32. The lowest BCUT2D eigenvalue weighted by molar-refractivity contribution is -0.384. The van der Waals surface area contributed by atoms with Crippen molar-refractivity contribution in [3.8, 4) is 0 Å². The van der Waals surface area contributed by atoms with Crippen molar-refractivity contribution >= 4 is 11.4 Å². The van der Waals surface area contributed by atoms with E-state index in [-0.39, 0.29) is 10.6 Å². The van der Waals surface area contributed by atoms with Crippen LogP contribution in [0.2, 0.25) is 0 Å². The maximum Gasteiger partial charge on any atom is 0.269 e. The predicted molar refractivity (Wildman–Crippen MR) is 84.5 cm³/mol. The average molecular weight is 288 g/mol. The number of fused-ring (bicyclic) bond motifs is 1.